The van der Waals surface area contributed by atoms with Crippen LogP contribution in [-0.2, 0) is 14.4 Å². The average molecular weight is 565 g/mol. The molecule has 0 saturated carbocycles. The number of ether oxygens (including phenoxy) is 3. The Hall–Kier alpha value is -4.54. The first-order valence-corrected chi connectivity index (χ1v) is 13.5. The molecule has 0 unspecified atom stereocenters. The molecule has 1 aliphatic heterocycles. The number of anilines is 2. The van der Waals surface area contributed by atoms with Gasteiger partial charge in [-0.1, -0.05) is 24.2 Å². The molecule has 1 aromatic heterocycles. The van der Waals surface area contributed by atoms with Crippen molar-refractivity contribution >= 4 is 29.2 Å². The van der Waals surface area contributed by atoms with Crippen LogP contribution in [-0.4, -0.2) is 48.7 Å². The molecule has 218 valence electrons. The maximum absolute atomic E-state index is 14.0. The summed E-state index contributed by atoms with van der Waals surface area (Å²) < 4.78 is 21.7. The highest BCUT2D eigenvalue weighted by Gasteiger charge is 2.35. The number of nitrogens with one attached hydrogen (secondary N) is 2. The molecule has 0 spiro atoms. The van der Waals surface area contributed by atoms with E-state index >= 15 is 0 Å². The number of hydrogen-bond acceptors (Lipinski definition) is 8. The predicted octanol–water partition coefficient (Wildman–Crippen LogP) is 4.56. The lowest BCUT2D eigenvalue weighted by atomic mass is 9.97. The second kappa shape index (κ2) is 12.8. The number of amides is 3. The summed E-state index contributed by atoms with van der Waals surface area (Å²) in [5.41, 5.74) is 0.469. The van der Waals surface area contributed by atoms with Gasteiger partial charge in [0, 0.05) is 36.2 Å². The molecule has 2 N–H and O–H groups in total. The third-order valence-corrected chi connectivity index (χ3v) is 6.82. The summed E-state index contributed by atoms with van der Waals surface area (Å²) in [6.45, 7) is 8.30. The second-order valence-corrected chi connectivity index (χ2v) is 10.4. The zero-order chi connectivity index (χ0) is 29.6. The maximum Gasteiger partial charge on any atom is 0.248 e. The van der Waals surface area contributed by atoms with Gasteiger partial charge in [0.15, 0.2) is 17.3 Å². The quantitative estimate of drug-likeness (QED) is 0.346. The largest absolute Gasteiger partial charge is 0.497 e. The highest BCUT2D eigenvalue weighted by Crippen LogP contribution is 2.38. The van der Waals surface area contributed by atoms with Crippen molar-refractivity contribution in [3.05, 3.63) is 59.9 Å². The first kappa shape index (κ1) is 29.4. The molecule has 2 heterocycles. The van der Waals surface area contributed by atoms with E-state index < -0.39 is 23.4 Å². The van der Waals surface area contributed by atoms with Gasteiger partial charge in [0.05, 0.1) is 7.11 Å². The van der Waals surface area contributed by atoms with Crippen LogP contribution in [0.5, 0.6) is 17.2 Å². The monoisotopic (exact) mass is 564 g/mol. The van der Waals surface area contributed by atoms with E-state index in [9.17, 15) is 14.4 Å². The molecule has 11 nitrogen and oxygen atoms in total. The number of carbonyl (C=O) groups excluding carboxylic acids is 3. The van der Waals surface area contributed by atoms with Gasteiger partial charge in [-0.2, -0.15) is 0 Å². The Bertz CT molecular complexity index is 1380. The standard InChI is InChI=1S/C30H36N4O7/c1-6-30(3,4)32-29(37)28(20-7-10-22(38-5)11-8-20)34(21-9-12-23-24(18-21)40-16-15-39-23)27(36)14-13-26(35)31-25-17-19(2)41-33-25/h7-12,17-18,28H,6,13-16H2,1-5H3,(H,32,37)(H,31,33,35)/t28-/m1/s1. The molecule has 41 heavy (non-hydrogen) atoms. The third kappa shape index (κ3) is 7.36. The number of benzene rings is 2. The summed E-state index contributed by atoms with van der Waals surface area (Å²) in [5, 5.41) is 9.47. The van der Waals surface area contributed by atoms with Crippen LogP contribution in [0.4, 0.5) is 11.5 Å². The molecule has 1 atom stereocenters. The second-order valence-electron chi connectivity index (χ2n) is 10.4. The summed E-state index contributed by atoms with van der Waals surface area (Å²) in [6.07, 6.45) is 0.366. The molecule has 3 amide bonds. The molecule has 2 aromatic carbocycles. The van der Waals surface area contributed by atoms with Crippen LogP contribution in [0.15, 0.2) is 53.1 Å². The molecule has 0 aliphatic carbocycles. The molecule has 0 fully saturated rings. The highest BCUT2D eigenvalue weighted by atomic mass is 16.6. The normalized spacial score (nSPS) is 13.2. The van der Waals surface area contributed by atoms with E-state index in [0.29, 0.717) is 53.9 Å². The molecular formula is C30H36N4O7. The van der Waals surface area contributed by atoms with Crippen molar-refractivity contribution in [2.24, 2.45) is 0 Å². The van der Waals surface area contributed by atoms with E-state index in [1.165, 1.54) is 4.90 Å². The van der Waals surface area contributed by atoms with Crippen molar-refractivity contribution in [2.45, 2.75) is 58.5 Å². The Morgan fingerprint density at radius 2 is 1.73 bits per heavy atom. The van der Waals surface area contributed by atoms with Gasteiger partial charge >= 0.3 is 0 Å². The van der Waals surface area contributed by atoms with Gasteiger partial charge in [0.25, 0.3) is 0 Å². The van der Waals surface area contributed by atoms with E-state index in [1.54, 1.807) is 62.6 Å². The topological polar surface area (TPSA) is 132 Å². The minimum Gasteiger partial charge on any atom is -0.497 e. The Balaban J connectivity index is 1.71. The minimum absolute atomic E-state index is 0.136. The van der Waals surface area contributed by atoms with Crippen LogP contribution in [0.2, 0.25) is 0 Å². The van der Waals surface area contributed by atoms with Crippen LogP contribution in [0.3, 0.4) is 0 Å². The molecule has 0 saturated heterocycles. The number of nitrogens with zero attached hydrogens (tertiary/aromatic N) is 2. The fourth-order valence-corrected chi connectivity index (χ4v) is 4.28. The number of methoxy groups -OCH3 is 1. The molecular weight excluding hydrogens is 528 g/mol. The van der Waals surface area contributed by atoms with Gasteiger partial charge in [-0.25, -0.2) is 0 Å². The van der Waals surface area contributed by atoms with E-state index in [-0.39, 0.29) is 24.6 Å². The number of rotatable bonds is 11. The number of fused-ring (bicyclic) bond motifs is 1. The van der Waals surface area contributed by atoms with Gasteiger partial charge in [0.1, 0.15) is 30.8 Å². The minimum atomic E-state index is -1.05. The predicted molar refractivity (Wildman–Crippen MR) is 152 cm³/mol. The first-order chi connectivity index (χ1) is 19.6. The Morgan fingerprint density at radius 3 is 2.37 bits per heavy atom. The third-order valence-electron chi connectivity index (χ3n) is 6.82. The average Bonchev–Trinajstić information content (AvgIpc) is 3.38. The van der Waals surface area contributed by atoms with Crippen molar-refractivity contribution in [3.8, 4) is 17.2 Å². The van der Waals surface area contributed by atoms with Crippen molar-refractivity contribution in [3.63, 3.8) is 0 Å². The van der Waals surface area contributed by atoms with Crippen molar-refractivity contribution in [1.29, 1.82) is 0 Å². The summed E-state index contributed by atoms with van der Waals surface area (Å²) >= 11 is 0. The highest BCUT2D eigenvalue weighted by molar-refractivity contribution is 6.03. The van der Waals surface area contributed by atoms with Crippen LogP contribution >= 0.6 is 0 Å². The number of hydrogen-bond donors (Lipinski definition) is 2. The van der Waals surface area contributed by atoms with Gasteiger partial charge in [-0.3, -0.25) is 19.3 Å². The SMILES string of the molecule is CCC(C)(C)NC(=O)[C@@H](c1ccc(OC)cc1)N(C(=O)CCC(=O)Nc1cc(C)on1)c1ccc2c(c1)OCCO2. The Morgan fingerprint density at radius 1 is 1.02 bits per heavy atom. The van der Waals surface area contributed by atoms with E-state index in [2.05, 4.69) is 15.8 Å². The molecule has 0 bridgehead atoms. The van der Waals surface area contributed by atoms with Crippen molar-refractivity contribution in [1.82, 2.24) is 10.5 Å². The number of carbonyl (C=O) groups is 3. The van der Waals surface area contributed by atoms with Crippen molar-refractivity contribution < 1.29 is 33.1 Å². The zero-order valence-corrected chi connectivity index (χ0v) is 24.0. The lowest BCUT2D eigenvalue weighted by Crippen LogP contribution is -2.50. The molecule has 4 rings (SSSR count). The number of aryl methyl sites for hydroxylation is 1. The summed E-state index contributed by atoms with van der Waals surface area (Å²) in [5.74, 6) is 1.22. The van der Waals surface area contributed by atoms with Crippen LogP contribution < -0.4 is 29.7 Å². The first-order valence-electron chi connectivity index (χ1n) is 13.5. The maximum atomic E-state index is 14.0. The fourth-order valence-electron chi connectivity index (χ4n) is 4.28. The van der Waals surface area contributed by atoms with Crippen LogP contribution in [0.1, 0.15) is 57.4 Å². The van der Waals surface area contributed by atoms with Gasteiger partial charge in [-0.15, -0.1) is 0 Å². The van der Waals surface area contributed by atoms with Crippen LogP contribution in [0.25, 0.3) is 0 Å². The summed E-state index contributed by atoms with van der Waals surface area (Å²) in [4.78, 5) is 42.0. The Kier molecular flexibility index (Phi) is 9.16. The molecule has 3 aromatic rings. The smallest absolute Gasteiger partial charge is 0.248 e. The zero-order valence-electron chi connectivity index (χ0n) is 24.0. The van der Waals surface area contributed by atoms with E-state index in [0.717, 1.165) is 0 Å². The summed E-state index contributed by atoms with van der Waals surface area (Å²) in [6, 6.07) is 12.6. The van der Waals surface area contributed by atoms with Gasteiger partial charge < -0.3 is 29.4 Å². The van der Waals surface area contributed by atoms with E-state index in [4.69, 9.17) is 18.7 Å². The van der Waals surface area contributed by atoms with E-state index in [1.807, 2.05) is 20.8 Å². The number of aromatic nitrogens is 1. The fraction of sp³-hybridized carbons (Fsp3) is 0.400. The van der Waals surface area contributed by atoms with Crippen molar-refractivity contribution in [2.75, 3.05) is 30.5 Å². The molecule has 1 aliphatic rings. The lowest BCUT2D eigenvalue weighted by Gasteiger charge is -2.35. The Labute approximate surface area is 239 Å². The van der Waals surface area contributed by atoms with Gasteiger partial charge in [-0.05, 0) is 57.0 Å². The molecule has 0 radical (unpaired) electrons. The molecule has 11 heteroatoms. The summed E-state index contributed by atoms with van der Waals surface area (Å²) in [7, 11) is 1.55. The van der Waals surface area contributed by atoms with Gasteiger partial charge in [0.2, 0.25) is 17.7 Å². The lowest BCUT2D eigenvalue weighted by molar-refractivity contribution is -0.128. The van der Waals surface area contributed by atoms with Crippen LogP contribution in [0, 0.1) is 6.92 Å².